The Hall–Kier alpha value is -1.83. The molecule has 6 nitrogen and oxygen atoms in total. The fourth-order valence-corrected chi connectivity index (χ4v) is 3.06. The van der Waals surface area contributed by atoms with Crippen molar-refractivity contribution >= 4 is 50.0 Å². The van der Waals surface area contributed by atoms with Gasteiger partial charge in [-0.05, 0) is 22.0 Å². The predicted octanol–water partition coefficient (Wildman–Crippen LogP) is 4.21. The van der Waals surface area contributed by atoms with E-state index in [9.17, 15) is 0 Å². The average molecular weight is 398 g/mol. The molecule has 3 aromatic heterocycles. The fraction of sp³-hybridized carbons (Fsp3) is 0. The Morgan fingerprint density at radius 1 is 1.18 bits per heavy atom. The van der Waals surface area contributed by atoms with E-state index in [0.29, 0.717) is 20.7 Å². The molecular weight excluding hydrogens is 391 g/mol. The summed E-state index contributed by atoms with van der Waals surface area (Å²) in [7, 11) is 0. The largest absolute Gasteiger partial charge is 0.301 e. The second-order valence-corrected chi connectivity index (χ2v) is 6.13. The quantitative estimate of drug-likeness (QED) is 0.532. The van der Waals surface area contributed by atoms with E-state index >= 15 is 0 Å². The number of nitrogens with zero attached hydrogens (tertiary/aromatic N) is 4. The SMILES string of the molecule is Clc1ccc2c(-c3cn[nH]c3)cn(-c3nnc(Br)[nH]3)c2c1Cl. The minimum absolute atomic E-state index is 0.460. The highest BCUT2D eigenvalue weighted by molar-refractivity contribution is 9.10. The first-order valence-electron chi connectivity index (χ1n) is 6.22. The van der Waals surface area contributed by atoms with Gasteiger partial charge in [0, 0.05) is 28.9 Å². The molecule has 0 aliphatic heterocycles. The molecule has 0 aliphatic rings. The highest BCUT2D eigenvalue weighted by Crippen LogP contribution is 2.38. The lowest BCUT2D eigenvalue weighted by Crippen LogP contribution is -1.95. The second-order valence-electron chi connectivity index (χ2n) is 4.60. The van der Waals surface area contributed by atoms with Crippen molar-refractivity contribution < 1.29 is 0 Å². The lowest BCUT2D eigenvalue weighted by atomic mass is 10.1. The molecule has 22 heavy (non-hydrogen) atoms. The predicted molar refractivity (Wildman–Crippen MR) is 88.5 cm³/mol. The zero-order valence-corrected chi connectivity index (χ0v) is 13.9. The first-order chi connectivity index (χ1) is 10.6. The number of nitrogens with one attached hydrogen (secondary N) is 2. The van der Waals surface area contributed by atoms with Gasteiger partial charge < -0.3 is 4.98 Å². The Morgan fingerprint density at radius 2 is 2.05 bits per heavy atom. The van der Waals surface area contributed by atoms with E-state index in [-0.39, 0.29) is 0 Å². The molecule has 4 aromatic rings. The van der Waals surface area contributed by atoms with Crippen LogP contribution >= 0.6 is 39.1 Å². The van der Waals surface area contributed by atoms with Crippen molar-refractivity contribution in [3.05, 3.63) is 45.5 Å². The molecule has 0 bridgehead atoms. The first kappa shape index (κ1) is 13.8. The summed E-state index contributed by atoms with van der Waals surface area (Å²) < 4.78 is 2.36. The van der Waals surface area contributed by atoms with Crippen molar-refractivity contribution in [1.29, 1.82) is 0 Å². The summed E-state index contributed by atoms with van der Waals surface area (Å²) in [5, 5.41) is 16.7. The molecule has 0 saturated carbocycles. The Balaban J connectivity index is 2.10. The summed E-state index contributed by atoms with van der Waals surface area (Å²) in [5.74, 6) is 0.538. The normalized spacial score (nSPS) is 11.4. The van der Waals surface area contributed by atoms with Crippen LogP contribution in [0.4, 0.5) is 0 Å². The molecule has 9 heteroatoms. The molecule has 0 atom stereocenters. The van der Waals surface area contributed by atoms with Gasteiger partial charge in [0.25, 0.3) is 0 Å². The lowest BCUT2D eigenvalue weighted by molar-refractivity contribution is 0.966. The van der Waals surface area contributed by atoms with E-state index in [4.69, 9.17) is 23.2 Å². The van der Waals surface area contributed by atoms with Gasteiger partial charge in [-0.1, -0.05) is 29.3 Å². The maximum absolute atomic E-state index is 6.41. The lowest BCUT2D eigenvalue weighted by Gasteiger charge is -2.03. The summed E-state index contributed by atoms with van der Waals surface area (Å²) >= 11 is 15.8. The minimum atomic E-state index is 0.460. The number of aromatic amines is 2. The maximum Gasteiger partial charge on any atom is 0.233 e. The second kappa shape index (κ2) is 5.12. The smallest absolute Gasteiger partial charge is 0.233 e. The summed E-state index contributed by atoms with van der Waals surface area (Å²) in [4.78, 5) is 3.02. The van der Waals surface area contributed by atoms with E-state index < -0.39 is 0 Å². The first-order valence-corrected chi connectivity index (χ1v) is 7.77. The Labute approximate surface area is 142 Å². The van der Waals surface area contributed by atoms with Crippen LogP contribution in [-0.2, 0) is 0 Å². The van der Waals surface area contributed by atoms with Crippen LogP contribution in [0.2, 0.25) is 10.0 Å². The molecule has 1 aromatic carbocycles. The van der Waals surface area contributed by atoms with Crippen molar-refractivity contribution in [2.75, 3.05) is 0 Å². The standard InChI is InChI=1S/C13H7BrCl2N6/c14-12-19-13(21-20-12)22-5-8(6-3-17-18-4-6)7-1-2-9(15)10(16)11(7)22/h1-5H,(H,17,18)(H,19,20,21). The van der Waals surface area contributed by atoms with Crippen molar-refractivity contribution in [2.24, 2.45) is 0 Å². The molecule has 0 unspecified atom stereocenters. The zero-order valence-electron chi connectivity index (χ0n) is 10.8. The van der Waals surface area contributed by atoms with E-state index in [1.165, 1.54) is 0 Å². The topological polar surface area (TPSA) is 75.2 Å². The zero-order chi connectivity index (χ0) is 15.3. The van der Waals surface area contributed by atoms with Crippen molar-refractivity contribution in [2.45, 2.75) is 0 Å². The van der Waals surface area contributed by atoms with E-state index in [1.807, 2.05) is 23.0 Å². The van der Waals surface area contributed by atoms with Gasteiger partial charge in [-0.15, -0.1) is 10.2 Å². The number of hydrogen-bond donors (Lipinski definition) is 2. The van der Waals surface area contributed by atoms with E-state index in [2.05, 4.69) is 41.3 Å². The third-order valence-corrected chi connectivity index (χ3v) is 4.49. The molecule has 0 spiro atoms. The molecular formula is C13H7BrCl2N6. The van der Waals surface area contributed by atoms with Crippen LogP contribution in [0.3, 0.4) is 0 Å². The molecule has 2 N–H and O–H groups in total. The Bertz CT molecular complexity index is 972. The van der Waals surface area contributed by atoms with Crippen LogP contribution in [-0.4, -0.2) is 29.9 Å². The minimum Gasteiger partial charge on any atom is -0.301 e. The van der Waals surface area contributed by atoms with Gasteiger partial charge in [-0.2, -0.15) is 5.10 Å². The number of rotatable bonds is 2. The van der Waals surface area contributed by atoms with Crippen molar-refractivity contribution in [3.8, 4) is 17.1 Å². The molecule has 4 rings (SSSR count). The van der Waals surface area contributed by atoms with Crippen LogP contribution in [0.15, 0.2) is 35.5 Å². The van der Waals surface area contributed by atoms with Crippen LogP contribution < -0.4 is 0 Å². The molecule has 110 valence electrons. The van der Waals surface area contributed by atoms with Crippen molar-refractivity contribution in [3.63, 3.8) is 0 Å². The summed E-state index contributed by atoms with van der Waals surface area (Å²) in [5.41, 5.74) is 2.67. The van der Waals surface area contributed by atoms with Crippen LogP contribution in [0.25, 0.3) is 28.0 Å². The molecule has 3 heterocycles. The number of benzene rings is 1. The number of halogens is 3. The molecule has 0 saturated heterocycles. The monoisotopic (exact) mass is 396 g/mol. The van der Waals surface area contributed by atoms with Gasteiger partial charge in [0.05, 0.1) is 21.8 Å². The number of hydrogen-bond acceptors (Lipinski definition) is 3. The molecule has 0 amide bonds. The van der Waals surface area contributed by atoms with Crippen LogP contribution in [0.5, 0.6) is 0 Å². The molecule has 0 aliphatic carbocycles. The number of fused-ring (bicyclic) bond motifs is 1. The van der Waals surface area contributed by atoms with Crippen LogP contribution in [0.1, 0.15) is 0 Å². The Morgan fingerprint density at radius 3 is 2.73 bits per heavy atom. The maximum atomic E-state index is 6.41. The van der Waals surface area contributed by atoms with Crippen molar-refractivity contribution in [1.82, 2.24) is 29.9 Å². The van der Waals surface area contributed by atoms with E-state index in [0.717, 1.165) is 22.0 Å². The van der Waals surface area contributed by atoms with E-state index in [1.54, 1.807) is 12.3 Å². The van der Waals surface area contributed by atoms with Gasteiger partial charge in [-0.3, -0.25) is 9.67 Å². The number of H-pyrrole nitrogens is 2. The van der Waals surface area contributed by atoms with Gasteiger partial charge in [0.2, 0.25) is 5.95 Å². The third-order valence-electron chi connectivity index (χ3n) is 3.34. The summed E-state index contributed by atoms with van der Waals surface area (Å²) in [6.07, 6.45) is 5.49. The van der Waals surface area contributed by atoms with Gasteiger partial charge in [-0.25, -0.2) is 0 Å². The third kappa shape index (κ3) is 2.05. The summed E-state index contributed by atoms with van der Waals surface area (Å²) in [6.45, 7) is 0. The number of aromatic nitrogens is 6. The van der Waals surface area contributed by atoms with Gasteiger partial charge >= 0.3 is 0 Å². The van der Waals surface area contributed by atoms with Crippen LogP contribution in [0, 0.1) is 0 Å². The highest BCUT2D eigenvalue weighted by Gasteiger charge is 2.18. The fourth-order valence-electron chi connectivity index (χ4n) is 2.39. The molecule has 0 radical (unpaired) electrons. The molecule has 0 fully saturated rings. The van der Waals surface area contributed by atoms with Gasteiger partial charge in [0.1, 0.15) is 0 Å². The van der Waals surface area contributed by atoms with Gasteiger partial charge in [0.15, 0.2) is 4.73 Å². The average Bonchev–Trinajstić information content (AvgIpc) is 3.21. The summed E-state index contributed by atoms with van der Waals surface area (Å²) in [6, 6.07) is 3.70. The highest BCUT2D eigenvalue weighted by atomic mass is 79.9. The Kier molecular flexibility index (Phi) is 3.21.